The first-order valence-corrected chi connectivity index (χ1v) is 6.81. The molecule has 0 radical (unpaired) electrons. The summed E-state index contributed by atoms with van der Waals surface area (Å²) in [6.07, 6.45) is 0. The fourth-order valence-electron chi connectivity index (χ4n) is 1.90. The summed E-state index contributed by atoms with van der Waals surface area (Å²) in [7, 11) is 1.45. The molecule has 1 aromatic carbocycles. The summed E-state index contributed by atoms with van der Waals surface area (Å²) in [6, 6.07) is 4.54. The van der Waals surface area contributed by atoms with Gasteiger partial charge in [-0.3, -0.25) is 4.79 Å². The van der Waals surface area contributed by atoms with Crippen LogP contribution in [-0.2, 0) is 4.79 Å². The molecule has 0 spiro atoms. The van der Waals surface area contributed by atoms with Gasteiger partial charge < -0.3 is 14.4 Å². The van der Waals surface area contributed by atoms with E-state index >= 15 is 0 Å². The molecule has 0 aliphatic heterocycles. The molecule has 1 N–H and O–H groups in total. The zero-order chi connectivity index (χ0) is 15.0. The molecule has 2 aromatic rings. The van der Waals surface area contributed by atoms with Crippen LogP contribution < -0.4 is 0 Å². The molecule has 6 heteroatoms. The number of halogens is 1. The Morgan fingerprint density at radius 3 is 2.65 bits per heavy atom. The van der Waals surface area contributed by atoms with E-state index < -0.39 is 17.9 Å². The number of carbonyl (C=O) groups is 2. The maximum absolute atomic E-state index is 12.3. The van der Waals surface area contributed by atoms with Gasteiger partial charge in [-0.25, -0.2) is 4.79 Å². The van der Waals surface area contributed by atoms with Gasteiger partial charge >= 0.3 is 5.97 Å². The lowest BCUT2D eigenvalue weighted by Gasteiger charge is -2.20. The lowest BCUT2D eigenvalue weighted by Crippen LogP contribution is -2.40. The molecule has 1 heterocycles. The summed E-state index contributed by atoms with van der Waals surface area (Å²) in [5.74, 6) is -1.32. The van der Waals surface area contributed by atoms with E-state index in [1.807, 2.05) is 12.1 Å². The molecule has 5 nitrogen and oxygen atoms in total. The minimum Gasteiger partial charge on any atom is -0.480 e. The molecule has 0 aliphatic carbocycles. The van der Waals surface area contributed by atoms with Gasteiger partial charge in [-0.2, -0.15) is 0 Å². The van der Waals surface area contributed by atoms with Crippen molar-refractivity contribution in [2.45, 2.75) is 19.9 Å². The van der Waals surface area contributed by atoms with Crippen molar-refractivity contribution in [1.29, 1.82) is 0 Å². The van der Waals surface area contributed by atoms with Gasteiger partial charge in [-0.05, 0) is 32.0 Å². The topological polar surface area (TPSA) is 70.8 Å². The van der Waals surface area contributed by atoms with Crippen LogP contribution in [0.5, 0.6) is 0 Å². The van der Waals surface area contributed by atoms with E-state index in [0.29, 0.717) is 11.1 Å². The number of benzene rings is 1. The van der Waals surface area contributed by atoms with Crippen molar-refractivity contribution in [2.75, 3.05) is 7.05 Å². The van der Waals surface area contributed by atoms with Gasteiger partial charge in [0.2, 0.25) is 0 Å². The summed E-state index contributed by atoms with van der Waals surface area (Å²) in [5, 5.41) is 9.80. The van der Waals surface area contributed by atoms with Crippen LogP contribution in [0.3, 0.4) is 0 Å². The van der Waals surface area contributed by atoms with E-state index in [-0.39, 0.29) is 5.76 Å². The van der Waals surface area contributed by atoms with E-state index in [0.717, 1.165) is 14.8 Å². The van der Waals surface area contributed by atoms with Gasteiger partial charge in [0.05, 0.1) is 0 Å². The Morgan fingerprint density at radius 1 is 1.40 bits per heavy atom. The normalized spacial score (nSPS) is 12.4. The predicted octanol–water partition coefficient (Wildman–Crippen LogP) is 3.05. The maximum Gasteiger partial charge on any atom is 0.326 e. The lowest BCUT2D eigenvalue weighted by molar-refractivity contribution is -0.141. The number of carboxylic acid groups (broad SMARTS) is 1. The third-order valence-corrected chi connectivity index (χ3v) is 3.84. The van der Waals surface area contributed by atoms with Gasteiger partial charge in [-0.1, -0.05) is 15.9 Å². The number of fused-ring (bicyclic) bond motifs is 1. The van der Waals surface area contributed by atoms with Crippen LogP contribution in [0.4, 0.5) is 0 Å². The molecule has 1 atom stereocenters. The number of amides is 1. The van der Waals surface area contributed by atoms with E-state index in [9.17, 15) is 9.59 Å². The average molecular weight is 340 g/mol. The molecule has 0 fully saturated rings. The van der Waals surface area contributed by atoms with E-state index in [4.69, 9.17) is 9.52 Å². The highest BCUT2D eigenvalue weighted by molar-refractivity contribution is 9.10. The smallest absolute Gasteiger partial charge is 0.326 e. The van der Waals surface area contributed by atoms with Crippen molar-refractivity contribution in [3.8, 4) is 0 Å². The SMILES string of the molecule is Cc1c(C(=O)N(C)C(C)C(=O)O)oc2ccc(Br)cc12. The summed E-state index contributed by atoms with van der Waals surface area (Å²) >= 11 is 3.37. The van der Waals surface area contributed by atoms with Crippen LogP contribution in [0.1, 0.15) is 23.0 Å². The number of hydrogen-bond donors (Lipinski definition) is 1. The van der Waals surface area contributed by atoms with Gasteiger partial charge in [0.15, 0.2) is 5.76 Å². The number of aryl methyl sites for hydroxylation is 1. The molecular formula is C14H14BrNO4. The average Bonchev–Trinajstić information content (AvgIpc) is 2.73. The highest BCUT2D eigenvalue weighted by atomic mass is 79.9. The van der Waals surface area contributed by atoms with Gasteiger partial charge in [0.25, 0.3) is 5.91 Å². The monoisotopic (exact) mass is 339 g/mol. The van der Waals surface area contributed by atoms with Crippen molar-refractivity contribution in [3.63, 3.8) is 0 Å². The minimum atomic E-state index is -1.06. The molecule has 2 rings (SSSR count). The van der Waals surface area contributed by atoms with Gasteiger partial charge in [0, 0.05) is 22.5 Å². The number of furan rings is 1. The molecule has 0 aliphatic rings. The summed E-state index contributed by atoms with van der Waals surface area (Å²) in [6.45, 7) is 3.24. The van der Waals surface area contributed by atoms with Gasteiger partial charge in [-0.15, -0.1) is 0 Å². The molecule has 1 unspecified atom stereocenters. The molecule has 20 heavy (non-hydrogen) atoms. The van der Waals surface area contributed by atoms with E-state index in [1.165, 1.54) is 14.0 Å². The van der Waals surface area contributed by atoms with Gasteiger partial charge in [0.1, 0.15) is 11.6 Å². The highest BCUT2D eigenvalue weighted by Crippen LogP contribution is 2.28. The fraction of sp³-hybridized carbons (Fsp3) is 0.286. The third kappa shape index (κ3) is 2.43. The number of carboxylic acids is 1. The zero-order valence-electron chi connectivity index (χ0n) is 11.3. The first-order chi connectivity index (χ1) is 9.32. The number of rotatable bonds is 3. The molecule has 1 aromatic heterocycles. The van der Waals surface area contributed by atoms with Crippen LogP contribution in [-0.4, -0.2) is 35.0 Å². The van der Waals surface area contributed by atoms with E-state index in [2.05, 4.69) is 15.9 Å². The Morgan fingerprint density at radius 2 is 2.05 bits per heavy atom. The molecule has 1 amide bonds. The Balaban J connectivity index is 2.45. The second-order valence-electron chi connectivity index (χ2n) is 4.63. The molecule has 106 valence electrons. The van der Waals surface area contributed by atoms with Crippen LogP contribution in [0.25, 0.3) is 11.0 Å². The standard InChI is InChI=1S/C14H14BrNO4/c1-7-10-6-9(15)4-5-11(10)20-12(7)13(17)16(3)8(2)14(18)19/h4-6,8H,1-3H3,(H,18,19). The van der Waals surface area contributed by atoms with Crippen LogP contribution in [0, 0.1) is 6.92 Å². The van der Waals surface area contributed by atoms with E-state index in [1.54, 1.807) is 13.0 Å². The summed E-state index contributed by atoms with van der Waals surface area (Å²) in [5.41, 5.74) is 1.31. The van der Waals surface area contributed by atoms with Crippen molar-refractivity contribution in [2.24, 2.45) is 0 Å². The number of hydrogen-bond acceptors (Lipinski definition) is 3. The summed E-state index contributed by atoms with van der Waals surface area (Å²) in [4.78, 5) is 24.4. The molecule has 0 saturated carbocycles. The first-order valence-electron chi connectivity index (χ1n) is 6.01. The Labute approximate surface area is 124 Å². The molecular weight excluding hydrogens is 326 g/mol. The molecule has 0 saturated heterocycles. The zero-order valence-corrected chi connectivity index (χ0v) is 12.9. The van der Waals surface area contributed by atoms with Crippen LogP contribution in [0.2, 0.25) is 0 Å². The largest absolute Gasteiger partial charge is 0.480 e. The van der Waals surface area contributed by atoms with Crippen molar-refractivity contribution in [3.05, 3.63) is 34.0 Å². The molecule has 0 bridgehead atoms. The Kier molecular flexibility index (Phi) is 3.85. The van der Waals surface area contributed by atoms with Crippen LogP contribution in [0.15, 0.2) is 27.1 Å². The maximum atomic E-state index is 12.3. The quantitative estimate of drug-likeness (QED) is 0.932. The Bertz CT molecular complexity index is 692. The van der Waals surface area contributed by atoms with Crippen molar-refractivity contribution < 1.29 is 19.1 Å². The first kappa shape index (κ1) is 14.6. The summed E-state index contributed by atoms with van der Waals surface area (Å²) < 4.78 is 6.45. The van der Waals surface area contributed by atoms with Crippen LogP contribution >= 0.6 is 15.9 Å². The minimum absolute atomic E-state index is 0.175. The number of nitrogens with zero attached hydrogens (tertiary/aromatic N) is 1. The number of likely N-dealkylation sites (N-methyl/N-ethyl adjacent to an activating group) is 1. The number of carbonyl (C=O) groups excluding carboxylic acids is 1. The lowest BCUT2D eigenvalue weighted by atomic mass is 10.1. The highest BCUT2D eigenvalue weighted by Gasteiger charge is 2.27. The number of aliphatic carboxylic acids is 1. The third-order valence-electron chi connectivity index (χ3n) is 3.35. The second kappa shape index (κ2) is 5.28. The second-order valence-corrected chi connectivity index (χ2v) is 5.54. The fourth-order valence-corrected chi connectivity index (χ4v) is 2.26. The van der Waals surface area contributed by atoms with Crippen molar-refractivity contribution >= 4 is 38.8 Å². The predicted molar refractivity (Wildman–Crippen MR) is 77.8 cm³/mol. The van der Waals surface area contributed by atoms with Crippen molar-refractivity contribution in [1.82, 2.24) is 4.90 Å². The Hall–Kier alpha value is -1.82.